The van der Waals surface area contributed by atoms with Gasteiger partial charge in [0, 0.05) is 12.7 Å². The number of halogens is 3. The van der Waals surface area contributed by atoms with Gasteiger partial charge in [-0.3, -0.25) is 24.8 Å². The molecular formula is C29H29F3N4O5. The Labute approximate surface area is 234 Å². The van der Waals surface area contributed by atoms with Gasteiger partial charge in [0.15, 0.2) is 5.82 Å². The Morgan fingerprint density at radius 1 is 0.976 bits per heavy atom. The van der Waals surface area contributed by atoms with E-state index in [1.165, 1.54) is 24.1 Å². The van der Waals surface area contributed by atoms with Crippen LogP contribution in [-0.2, 0) is 19.2 Å². The highest BCUT2D eigenvalue weighted by atomic mass is 19.4. The van der Waals surface area contributed by atoms with Crippen LogP contribution < -0.4 is 15.1 Å². The molecule has 1 amide bonds. The van der Waals surface area contributed by atoms with Gasteiger partial charge in [0.05, 0.1) is 36.2 Å². The molecule has 1 N–H and O–H groups in total. The molecule has 0 aliphatic carbocycles. The van der Waals surface area contributed by atoms with Crippen LogP contribution >= 0.6 is 0 Å². The predicted molar refractivity (Wildman–Crippen MR) is 144 cm³/mol. The second kappa shape index (κ2) is 12.5. The number of methoxy groups -OCH3 is 1. The van der Waals surface area contributed by atoms with E-state index in [0.717, 1.165) is 17.7 Å². The van der Waals surface area contributed by atoms with Gasteiger partial charge in [0.25, 0.3) is 5.78 Å². The molecule has 0 saturated carbocycles. The van der Waals surface area contributed by atoms with Crippen molar-refractivity contribution in [1.82, 2.24) is 15.7 Å². The minimum absolute atomic E-state index is 0.0246. The lowest BCUT2D eigenvalue weighted by Gasteiger charge is -2.25. The molecule has 1 atom stereocenters. The first-order chi connectivity index (χ1) is 19.5. The van der Waals surface area contributed by atoms with Gasteiger partial charge in [-0.05, 0) is 48.2 Å². The summed E-state index contributed by atoms with van der Waals surface area (Å²) in [5.41, 5.74) is 5.61. The number of hydrogen-bond donors (Lipinski definition) is 1. The largest absolute Gasteiger partial charge is 0.573 e. The van der Waals surface area contributed by atoms with Crippen molar-refractivity contribution in [2.24, 2.45) is 0 Å². The Bertz CT molecular complexity index is 1410. The van der Waals surface area contributed by atoms with Crippen molar-refractivity contribution in [1.29, 1.82) is 0 Å². The number of hydrogen-bond acceptors (Lipinski definition) is 8. The maximum Gasteiger partial charge on any atom is 0.573 e. The van der Waals surface area contributed by atoms with Gasteiger partial charge in [-0.15, -0.1) is 18.3 Å². The number of Topliss-reactive ketones (excluding diaryl/α,β-unsaturated/α-hetero) is 1. The molecule has 216 valence electrons. The summed E-state index contributed by atoms with van der Waals surface area (Å²) in [6, 6.07) is 14.5. The van der Waals surface area contributed by atoms with Gasteiger partial charge in [-0.25, -0.2) is 0 Å². The van der Waals surface area contributed by atoms with Crippen LogP contribution in [0.1, 0.15) is 48.2 Å². The lowest BCUT2D eigenvalue weighted by atomic mass is 9.93. The molecule has 9 nitrogen and oxygen atoms in total. The Hall–Kier alpha value is -4.29. The average molecular weight is 571 g/mol. The van der Waals surface area contributed by atoms with E-state index in [1.54, 1.807) is 31.2 Å². The Morgan fingerprint density at radius 3 is 2.22 bits per heavy atom. The van der Waals surface area contributed by atoms with Crippen LogP contribution in [0.4, 0.5) is 19.0 Å². The number of hydroxylamine groups is 1. The van der Waals surface area contributed by atoms with E-state index in [1.807, 2.05) is 26.0 Å². The summed E-state index contributed by atoms with van der Waals surface area (Å²) in [7, 11) is 1.51. The van der Waals surface area contributed by atoms with Gasteiger partial charge < -0.3 is 9.47 Å². The molecule has 0 radical (unpaired) electrons. The minimum atomic E-state index is -4.88. The summed E-state index contributed by atoms with van der Waals surface area (Å²) < 4.78 is 47.4. The van der Waals surface area contributed by atoms with Crippen LogP contribution in [0.25, 0.3) is 5.70 Å². The highest BCUT2D eigenvalue weighted by molar-refractivity contribution is 6.51. The molecule has 41 heavy (non-hydrogen) atoms. The Balaban J connectivity index is 1.90. The van der Waals surface area contributed by atoms with Gasteiger partial charge >= 0.3 is 12.3 Å². The minimum Gasteiger partial charge on any atom is -0.406 e. The van der Waals surface area contributed by atoms with E-state index >= 15 is 0 Å². The van der Waals surface area contributed by atoms with Crippen LogP contribution in [0.3, 0.4) is 0 Å². The van der Waals surface area contributed by atoms with Gasteiger partial charge in [0.1, 0.15) is 5.75 Å². The maximum atomic E-state index is 13.7. The number of ketones is 1. The molecule has 1 aliphatic rings. The zero-order chi connectivity index (χ0) is 29.7. The zero-order valence-electron chi connectivity index (χ0n) is 22.9. The van der Waals surface area contributed by atoms with Crippen LogP contribution in [0.5, 0.6) is 5.75 Å². The first kappa shape index (κ1) is 29.7. The monoisotopic (exact) mass is 570 g/mol. The Kier molecular flexibility index (Phi) is 9.04. The molecule has 0 spiro atoms. The van der Waals surface area contributed by atoms with Crippen LogP contribution in [0.2, 0.25) is 0 Å². The van der Waals surface area contributed by atoms with Gasteiger partial charge in [0.2, 0.25) is 0 Å². The number of nitrogens with one attached hydrogen (secondary N) is 1. The molecule has 1 fully saturated rings. The number of amides is 1. The molecule has 2 heterocycles. The molecule has 0 bridgehead atoms. The van der Waals surface area contributed by atoms with E-state index in [2.05, 4.69) is 20.4 Å². The quantitative estimate of drug-likeness (QED) is 0.157. The molecule has 1 unspecified atom stereocenters. The summed E-state index contributed by atoms with van der Waals surface area (Å²) in [6.45, 7) is 6.19. The number of benzene rings is 2. The molecular weight excluding hydrogens is 541 g/mol. The van der Waals surface area contributed by atoms with Crippen LogP contribution in [0.15, 0.2) is 66.2 Å². The van der Waals surface area contributed by atoms with Gasteiger partial charge in [-0.1, -0.05) is 50.2 Å². The Morgan fingerprint density at radius 2 is 1.66 bits per heavy atom. The highest BCUT2D eigenvalue weighted by Gasteiger charge is 2.47. The van der Waals surface area contributed by atoms with E-state index in [0.29, 0.717) is 16.8 Å². The molecule has 1 aromatic heterocycles. The standard InChI is InChI=1S/C29H29F3N4O5/c1-17(2)19-6-8-20(9-7-19)25(35-40-16-15-39-4)24-26(21-10-12-22(13-11-21)41-29(30,31)32)36(28(38)27(24)37)23-14-5-18(3)33-34-23/h5-14,17,26,35H,15-16H2,1-4H3. The average Bonchev–Trinajstić information content (AvgIpc) is 3.19. The number of aromatic nitrogens is 2. The second-order valence-corrected chi connectivity index (χ2v) is 9.57. The fourth-order valence-corrected chi connectivity index (χ4v) is 4.32. The smallest absolute Gasteiger partial charge is 0.406 e. The number of carbonyl (C=O) groups is 2. The van der Waals surface area contributed by atoms with Crippen molar-refractivity contribution in [2.45, 2.75) is 39.1 Å². The predicted octanol–water partition coefficient (Wildman–Crippen LogP) is 5.04. The van der Waals surface area contributed by atoms with Crippen LogP contribution in [-0.4, -0.2) is 48.6 Å². The lowest BCUT2D eigenvalue weighted by molar-refractivity contribution is -0.274. The third-order valence-electron chi connectivity index (χ3n) is 6.35. The van der Waals surface area contributed by atoms with E-state index in [9.17, 15) is 22.8 Å². The molecule has 1 aliphatic heterocycles. The summed E-state index contributed by atoms with van der Waals surface area (Å²) in [4.78, 5) is 34.0. The van der Waals surface area contributed by atoms with E-state index in [-0.39, 0.29) is 36.2 Å². The fourth-order valence-electron chi connectivity index (χ4n) is 4.32. The SMILES string of the molecule is COCCONC(=C1C(=O)C(=O)N(c2ccc(C)nn2)C1c1ccc(OC(F)(F)F)cc1)c1ccc(C(C)C)cc1. The van der Waals surface area contributed by atoms with E-state index in [4.69, 9.17) is 9.57 Å². The number of ether oxygens (including phenoxy) is 2. The number of nitrogens with zero attached hydrogens (tertiary/aromatic N) is 3. The molecule has 3 aromatic rings. The number of aryl methyl sites for hydroxylation is 1. The fraction of sp³-hybridized carbons (Fsp3) is 0.310. The molecule has 2 aromatic carbocycles. The topological polar surface area (TPSA) is 103 Å². The second-order valence-electron chi connectivity index (χ2n) is 9.57. The molecule has 12 heteroatoms. The maximum absolute atomic E-state index is 13.7. The van der Waals surface area contributed by atoms with Crippen molar-refractivity contribution in [3.63, 3.8) is 0 Å². The zero-order valence-corrected chi connectivity index (χ0v) is 22.9. The molecule has 4 rings (SSSR count). The number of carbonyl (C=O) groups excluding carboxylic acids is 2. The molecule has 1 saturated heterocycles. The number of alkyl halides is 3. The first-order valence-corrected chi connectivity index (χ1v) is 12.7. The summed E-state index contributed by atoms with van der Waals surface area (Å²) in [5, 5.41) is 8.13. The van der Waals surface area contributed by atoms with Crippen molar-refractivity contribution >= 4 is 23.2 Å². The first-order valence-electron chi connectivity index (χ1n) is 12.7. The number of anilines is 1. The van der Waals surface area contributed by atoms with Crippen molar-refractivity contribution in [3.8, 4) is 5.75 Å². The third-order valence-corrected chi connectivity index (χ3v) is 6.35. The highest BCUT2D eigenvalue weighted by Crippen LogP contribution is 2.42. The summed E-state index contributed by atoms with van der Waals surface area (Å²) >= 11 is 0. The lowest BCUT2D eigenvalue weighted by Crippen LogP contribution is -2.30. The van der Waals surface area contributed by atoms with Gasteiger partial charge in [-0.2, -0.15) is 5.10 Å². The summed E-state index contributed by atoms with van der Waals surface area (Å²) in [5.74, 6) is -1.82. The number of rotatable bonds is 10. The van der Waals surface area contributed by atoms with Crippen molar-refractivity contribution in [3.05, 3.63) is 88.6 Å². The third kappa shape index (κ3) is 6.90. The van der Waals surface area contributed by atoms with E-state index < -0.39 is 29.8 Å². The van der Waals surface area contributed by atoms with Crippen molar-refractivity contribution in [2.75, 3.05) is 25.2 Å². The van der Waals surface area contributed by atoms with Crippen molar-refractivity contribution < 1.29 is 37.1 Å². The van der Waals surface area contributed by atoms with Crippen LogP contribution in [0, 0.1) is 6.92 Å². The summed E-state index contributed by atoms with van der Waals surface area (Å²) in [6.07, 6.45) is -4.88. The normalized spacial score (nSPS) is 16.9.